The average molecular weight is 1030 g/mol. The number of rotatable bonds is 28. The number of unbranched alkanes of at least 4 members (excludes halogenated alkanes) is 2. The van der Waals surface area contributed by atoms with E-state index in [0.29, 0.717) is 69.8 Å². The molecule has 1 saturated heterocycles. The van der Waals surface area contributed by atoms with Crippen LogP contribution in [0.4, 0.5) is 5.69 Å². The first kappa shape index (κ1) is 60.6. The smallest absolute Gasteiger partial charge is 0.253 e. The largest absolute Gasteiger partial charge is 0.379 e. The molecule has 408 valence electrons. The number of Topliss-reactive ketones (excluding diaryl/α,β-unsaturated/α-hetero) is 1. The number of hydrogen-bond donors (Lipinski definition) is 1. The Morgan fingerprint density at radius 2 is 1.42 bits per heavy atom. The minimum absolute atomic E-state index is 0.00821. The number of imide groups is 1. The summed E-state index contributed by atoms with van der Waals surface area (Å²) in [5.41, 5.74) is 2.41. The number of benzene rings is 2. The fourth-order valence-corrected chi connectivity index (χ4v) is 10.3. The number of likely N-dealkylation sites (tertiary alicyclic amines) is 1. The summed E-state index contributed by atoms with van der Waals surface area (Å²) in [4.78, 5) is 109. The van der Waals surface area contributed by atoms with Crippen molar-refractivity contribution in [2.24, 2.45) is 28.7 Å². The minimum atomic E-state index is -0.693. The molecule has 74 heavy (non-hydrogen) atoms. The number of guanidine groups is 1. The number of ether oxygens (including phenoxy) is 2. The summed E-state index contributed by atoms with van der Waals surface area (Å²) in [5.74, 6) is -2.12. The second-order valence-corrected chi connectivity index (χ2v) is 20.9. The second-order valence-electron chi connectivity index (χ2n) is 20.9. The van der Waals surface area contributed by atoms with Crippen molar-refractivity contribution in [3.63, 3.8) is 0 Å². The molecule has 2 aliphatic heterocycles. The van der Waals surface area contributed by atoms with Crippen molar-refractivity contribution in [3.8, 4) is 0 Å². The highest BCUT2D eigenvalue weighted by molar-refractivity contribution is 6.12. The fraction of sp³-hybridized carbons (Fsp3) is 0.614. The molecule has 0 unspecified atom stereocenters. The molecule has 1 fully saturated rings. The van der Waals surface area contributed by atoms with Crippen LogP contribution in [0.2, 0.25) is 0 Å². The molecule has 0 aliphatic carbocycles. The lowest BCUT2D eigenvalue weighted by molar-refractivity contribution is -0.146. The van der Waals surface area contributed by atoms with Gasteiger partial charge in [0.1, 0.15) is 11.8 Å². The van der Waals surface area contributed by atoms with Gasteiger partial charge in [0.05, 0.1) is 30.7 Å². The molecule has 4 rings (SSSR count). The van der Waals surface area contributed by atoms with Gasteiger partial charge in [-0.1, -0.05) is 89.9 Å². The third-order valence-corrected chi connectivity index (χ3v) is 14.7. The zero-order chi connectivity index (χ0) is 54.8. The number of amides is 6. The Morgan fingerprint density at radius 1 is 0.784 bits per heavy atom. The maximum Gasteiger partial charge on any atom is 0.253 e. The normalized spacial score (nSPS) is 17.3. The lowest BCUT2D eigenvalue weighted by Crippen LogP contribution is -2.55. The Hall–Kier alpha value is -5.94. The van der Waals surface area contributed by atoms with Crippen molar-refractivity contribution < 1.29 is 43.0 Å². The van der Waals surface area contributed by atoms with E-state index in [1.165, 1.54) is 17.1 Å². The van der Waals surface area contributed by atoms with Gasteiger partial charge in [-0.25, -0.2) is 4.99 Å². The summed E-state index contributed by atoms with van der Waals surface area (Å²) in [6.07, 6.45) is 6.01. The predicted molar refractivity (Wildman–Crippen MR) is 289 cm³/mol. The Labute approximate surface area is 441 Å². The van der Waals surface area contributed by atoms with Gasteiger partial charge >= 0.3 is 0 Å². The van der Waals surface area contributed by atoms with Crippen molar-refractivity contribution in [1.29, 1.82) is 0 Å². The maximum absolute atomic E-state index is 14.5. The number of hydrogen-bond acceptors (Lipinski definition) is 10. The maximum atomic E-state index is 14.5. The van der Waals surface area contributed by atoms with E-state index in [1.54, 1.807) is 38.1 Å². The SMILES string of the molecule is CC[C@H](C)[C@@H]([C@@H](CC(=O)N1CCC[C@H]1[C@H](OC)[C@@H](C)C(=O)C[C@@H](Cc1ccccc1)C(=O)N(C)c1ccc(CNC(=O)CCCCCN2C(=O)C=CC2=O)cc1)OC)N(C)C(=O)[C@@H](N=C(N(C)C)N(C)C)C(C)C. The van der Waals surface area contributed by atoms with E-state index in [0.717, 1.165) is 24.0 Å². The van der Waals surface area contributed by atoms with Crippen molar-refractivity contribution >= 4 is 52.9 Å². The quantitative estimate of drug-likeness (QED) is 0.0458. The van der Waals surface area contributed by atoms with Crippen LogP contribution >= 0.6 is 0 Å². The molecule has 6 amide bonds. The molecular weight excluding hydrogens is 941 g/mol. The summed E-state index contributed by atoms with van der Waals surface area (Å²) >= 11 is 0. The first-order valence-corrected chi connectivity index (χ1v) is 26.4. The van der Waals surface area contributed by atoms with E-state index in [9.17, 15) is 33.6 Å². The second kappa shape index (κ2) is 29.2. The van der Waals surface area contributed by atoms with Gasteiger partial charge in [0.25, 0.3) is 11.8 Å². The Balaban J connectivity index is 1.43. The molecule has 0 spiro atoms. The third-order valence-electron chi connectivity index (χ3n) is 14.7. The van der Waals surface area contributed by atoms with Gasteiger partial charge in [-0.2, -0.15) is 0 Å². The summed E-state index contributed by atoms with van der Waals surface area (Å²) in [6.45, 7) is 11.1. The van der Waals surface area contributed by atoms with E-state index in [1.807, 2.05) is 118 Å². The van der Waals surface area contributed by atoms with Crippen molar-refractivity contribution in [1.82, 2.24) is 29.8 Å². The number of methoxy groups -OCH3 is 2. The molecule has 2 aromatic rings. The molecule has 0 aromatic heterocycles. The Morgan fingerprint density at radius 3 is 1.99 bits per heavy atom. The number of carbonyl (C=O) groups excluding carboxylic acids is 7. The number of anilines is 1. The van der Waals surface area contributed by atoms with Crippen LogP contribution in [0.15, 0.2) is 71.7 Å². The number of aliphatic imine (C=N–C) groups is 1. The molecular formula is C57H86N8O9. The van der Waals surface area contributed by atoms with Crippen LogP contribution in [0.5, 0.6) is 0 Å². The van der Waals surface area contributed by atoms with Gasteiger partial charge in [-0.05, 0) is 67.2 Å². The van der Waals surface area contributed by atoms with Gasteiger partial charge in [0.15, 0.2) is 5.96 Å². The molecule has 2 aromatic carbocycles. The van der Waals surface area contributed by atoms with Crippen molar-refractivity contribution in [2.75, 3.05) is 74.5 Å². The topological polar surface area (TPSA) is 182 Å². The predicted octanol–water partition coefficient (Wildman–Crippen LogP) is 5.99. The lowest BCUT2D eigenvalue weighted by Gasteiger charge is -2.40. The summed E-state index contributed by atoms with van der Waals surface area (Å²) in [5, 5.41) is 2.94. The van der Waals surface area contributed by atoms with Crippen LogP contribution < -0.4 is 10.2 Å². The molecule has 2 aliphatic rings. The number of likely N-dealkylation sites (N-methyl/N-ethyl adjacent to an activating group) is 1. The van der Waals surface area contributed by atoms with Crippen molar-refractivity contribution in [3.05, 3.63) is 77.9 Å². The van der Waals surface area contributed by atoms with E-state index in [2.05, 4.69) is 19.2 Å². The highest BCUT2D eigenvalue weighted by atomic mass is 16.5. The third kappa shape index (κ3) is 16.5. The van der Waals surface area contributed by atoms with E-state index < -0.39 is 42.2 Å². The van der Waals surface area contributed by atoms with E-state index >= 15 is 0 Å². The van der Waals surface area contributed by atoms with Crippen molar-refractivity contribution in [2.45, 2.75) is 136 Å². The standard InChI is InChI=1S/C57H86N8O9/c1-14-39(4)53(63(11)56(72)52(38(2)3)59-57(60(6)7)61(8)9)47(73-12)36-51(70)64-33-21-24-45(64)54(74-13)40(5)46(66)35-43(34-41-22-17-15-18-23-41)55(71)62(10)44-28-26-42(27-29-44)37-58-48(67)25-19-16-20-32-65-49(68)30-31-50(65)69/h15,17-18,22-23,26-31,38-40,43,45,47,52-54H,14,16,19-21,24-25,32-37H2,1-13H3,(H,58,67)/t39-,40-,43+,45-,47+,52-,53-,54+/m0/s1. The molecule has 8 atom stereocenters. The zero-order valence-electron chi connectivity index (χ0n) is 46.5. The summed E-state index contributed by atoms with van der Waals surface area (Å²) in [7, 11) is 14.2. The zero-order valence-corrected chi connectivity index (χ0v) is 46.5. The molecule has 0 bridgehead atoms. The van der Waals surface area contributed by atoms with Crippen LogP contribution in [-0.4, -0.2) is 172 Å². The fourth-order valence-electron chi connectivity index (χ4n) is 10.3. The number of carbonyl (C=O) groups is 7. The number of nitrogens with one attached hydrogen (secondary N) is 1. The average Bonchev–Trinajstić information content (AvgIpc) is 3.99. The molecule has 1 N–H and O–H groups in total. The van der Waals surface area contributed by atoms with Gasteiger partial charge in [0.2, 0.25) is 23.6 Å². The van der Waals surface area contributed by atoms with Crippen LogP contribution in [0, 0.1) is 23.7 Å². The Kier molecular flexibility index (Phi) is 23.9. The van der Waals surface area contributed by atoms with Crippen LogP contribution in [-0.2, 0) is 56.0 Å². The van der Waals surface area contributed by atoms with Gasteiger partial charge in [-0.15, -0.1) is 0 Å². The lowest BCUT2D eigenvalue weighted by atomic mass is 9.85. The van der Waals surface area contributed by atoms with E-state index in [4.69, 9.17) is 14.5 Å². The first-order chi connectivity index (χ1) is 35.1. The first-order valence-electron chi connectivity index (χ1n) is 26.4. The molecule has 17 nitrogen and oxygen atoms in total. The highest BCUT2D eigenvalue weighted by Gasteiger charge is 2.43. The monoisotopic (exact) mass is 1030 g/mol. The van der Waals surface area contributed by atoms with E-state index in [-0.39, 0.29) is 65.9 Å². The minimum Gasteiger partial charge on any atom is -0.379 e. The number of ketones is 1. The Bertz CT molecular complexity index is 2220. The van der Waals surface area contributed by atoms with Crippen LogP contribution in [0.1, 0.15) is 104 Å². The van der Waals surface area contributed by atoms with Gasteiger partial charge in [0, 0.05) is 119 Å². The van der Waals surface area contributed by atoms with Crippen LogP contribution in [0.3, 0.4) is 0 Å². The summed E-state index contributed by atoms with van der Waals surface area (Å²) in [6, 6.07) is 15.5. The molecule has 0 radical (unpaired) electrons. The highest BCUT2D eigenvalue weighted by Crippen LogP contribution is 2.32. The van der Waals surface area contributed by atoms with Crippen LogP contribution in [0.25, 0.3) is 0 Å². The molecule has 0 saturated carbocycles. The van der Waals surface area contributed by atoms with Gasteiger partial charge in [-0.3, -0.25) is 38.5 Å². The molecule has 2 heterocycles. The molecule has 17 heteroatoms. The summed E-state index contributed by atoms with van der Waals surface area (Å²) < 4.78 is 12.2. The number of nitrogens with zero attached hydrogens (tertiary/aromatic N) is 7. The van der Waals surface area contributed by atoms with Gasteiger partial charge < -0.3 is 39.3 Å².